The second-order valence-corrected chi connectivity index (χ2v) is 6.39. The Morgan fingerprint density at radius 1 is 1.62 bits per heavy atom. The third kappa shape index (κ3) is 3.57. The Kier molecular flexibility index (Phi) is 4.00. The molecule has 5 heteroatoms. The Morgan fingerprint density at radius 3 is 2.88 bits per heavy atom. The van der Waals surface area contributed by atoms with Gasteiger partial charge in [-0.1, -0.05) is 0 Å². The summed E-state index contributed by atoms with van der Waals surface area (Å²) in [6.07, 6.45) is 2.66. The predicted octanol–water partition coefficient (Wildman–Crippen LogP) is 2.95. The zero-order valence-electron chi connectivity index (χ0n) is 8.86. The lowest BCUT2D eigenvalue weighted by molar-refractivity contribution is -0.137. The molecule has 0 aliphatic heterocycles. The smallest absolute Gasteiger partial charge is 0.304 e. The van der Waals surface area contributed by atoms with Crippen LogP contribution in [0.1, 0.15) is 24.8 Å². The lowest BCUT2D eigenvalue weighted by Crippen LogP contribution is -2.27. The minimum Gasteiger partial charge on any atom is -0.481 e. The number of hydrogen-bond donors (Lipinski definition) is 1. The van der Waals surface area contributed by atoms with Gasteiger partial charge in [-0.3, -0.25) is 9.69 Å². The van der Waals surface area contributed by atoms with Crippen LogP contribution < -0.4 is 0 Å². The molecule has 0 aromatic carbocycles. The minimum atomic E-state index is -0.711. The van der Waals surface area contributed by atoms with E-state index < -0.39 is 5.97 Å². The van der Waals surface area contributed by atoms with Crippen molar-refractivity contribution in [2.75, 3.05) is 6.54 Å². The van der Waals surface area contributed by atoms with Gasteiger partial charge in [0, 0.05) is 19.1 Å². The fourth-order valence-electron chi connectivity index (χ4n) is 1.73. The monoisotopic (exact) mass is 303 g/mol. The molecule has 1 aromatic heterocycles. The highest BCUT2D eigenvalue weighted by Gasteiger charge is 2.29. The van der Waals surface area contributed by atoms with E-state index in [0.717, 1.165) is 10.3 Å². The summed E-state index contributed by atoms with van der Waals surface area (Å²) in [6, 6.07) is 2.72. The lowest BCUT2D eigenvalue weighted by atomic mass is 10.3. The summed E-state index contributed by atoms with van der Waals surface area (Å²) in [7, 11) is 0. The normalized spacial score (nSPS) is 15.6. The lowest BCUT2D eigenvalue weighted by Gasteiger charge is -2.20. The zero-order valence-corrected chi connectivity index (χ0v) is 11.3. The number of rotatable bonds is 6. The molecule has 1 aliphatic carbocycles. The highest BCUT2D eigenvalue weighted by Crippen LogP contribution is 2.30. The van der Waals surface area contributed by atoms with E-state index in [1.165, 1.54) is 18.4 Å². The second-order valence-electron chi connectivity index (χ2n) is 4.10. The van der Waals surface area contributed by atoms with Crippen molar-refractivity contribution in [3.63, 3.8) is 0 Å². The molecule has 0 radical (unpaired) electrons. The van der Waals surface area contributed by atoms with Crippen LogP contribution in [0.2, 0.25) is 0 Å². The van der Waals surface area contributed by atoms with Crippen LogP contribution in [0, 0.1) is 0 Å². The number of thiophene rings is 1. The zero-order chi connectivity index (χ0) is 11.5. The Balaban J connectivity index is 1.89. The molecular weight excluding hydrogens is 290 g/mol. The average molecular weight is 304 g/mol. The van der Waals surface area contributed by atoms with Crippen LogP contribution in [-0.2, 0) is 11.3 Å². The van der Waals surface area contributed by atoms with Gasteiger partial charge < -0.3 is 5.11 Å². The van der Waals surface area contributed by atoms with Gasteiger partial charge in [-0.15, -0.1) is 11.3 Å². The van der Waals surface area contributed by atoms with E-state index in [1.807, 2.05) is 0 Å². The van der Waals surface area contributed by atoms with Crippen molar-refractivity contribution < 1.29 is 9.90 Å². The van der Waals surface area contributed by atoms with Gasteiger partial charge in [-0.05, 0) is 45.8 Å². The molecule has 1 aromatic rings. The van der Waals surface area contributed by atoms with Gasteiger partial charge in [0.05, 0.1) is 10.2 Å². The van der Waals surface area contributed by atoms with Crippen molar-refractivity contribution in [1.82, 2.24) is 4.90 Å². The van der Waals surface area contributed by atoms with Gasteiger partial charge in [0.1, 0.15) is 0 Å². The van der Waals surface area contributed by atoms with Crippen LogP contribution in [0.5, 0.6) is 0 Å². The molecule has 1 heterocycles. The quantitative estimate of drug-likeness (QED) is 0.878. The maximum Gasteiger partial charge on any atom is 0.304 e. The van der Waals surface area contributed by atoms with Crippen LogP contribution in [0.3, 0.4) is 0 Å². The van der Waals surface area contributed by atoms with Crippen molar-refractivity contribution in [3.8, 4) is 0 Å². The molecule has 1 fully saturated rings. The number of halogens is 1. The fraction of sp³-hybridized carbons (Fsp3) is 0.545. The number of carbonyl (C=O) groups is 1. The number of hydrogen-bond acceptors (Lipinski definition) is 3. The number of aliphatic carboxylic acids is 1. The second kappa shape index (κ2) is 5.29. The molecule has 0 atom stereocenters. The molecule has 0 unspecified atom stereocenters. The van der Waals surface area contributed by atoms with Gasteiger partial charge in [-0.25, -0.2) is 0 Å². The molecule has 2 rings (SSSR count). The van der Waals surface area contributed by atoms with Gasteiger partial charge in [0.25, 0.3) is 0 Å². The summed E-state index contributed by atoms with van der Waals surface area (Å²) < 4.78 is 1.14. The largest absolute Gasteiger partial charge is 0.481 e. The van der Waals surface area contributed by atoms with E-state index in [2.05, 4.69) is 32.3 Å². The van der Waals surface area contributed by atoms with Crippen molar-refractivity contribution >= 4 is 33.2 Å². The van der Waals surface area contributed by atoms with Crippen molar-refractivity contribution in [2.45, 2.75) is 31.8 Å². The standard InChI is InChI=1S/C11H14BrNO2S/c12-10-5-8(7-16-10)6-13(9-1-2-9)4-3-11(14)15/h5,7,9H,1-4,6H2,(H,14,15). The first-order valence-electron chi connectivity index (χ1n) is 5.34. The SMILES string of the molecule is O=C(O)CCN(Cc1csc(Br)c1)C1CC1. The van der Waals surface area contributed by atoms with Crippen molar-refractivity contribution in [1.29, 1.82) is 0 Å². The first-order valence-corrected chi connectivity index (χ1v) is 7.01. The maximum absolute atomic E-state index is 10.6. The van der Waals surface area contributed by atoms with Crippen LogP contribution in [0.25, 0.3) is 0 Å². The predicted molar refractivity (Wildman–Crippen MR) is 67.7 cm³/mol. The van der Waals surface area contributed by atoms with Crippen molar-refractivity contribution in [3.05, 3.63) is 20.8 Å². The minimum absolute atomic E-state index is 0.238. The molecule has 0 amide bonds. The molecule has 0 saturated heterocycles. The highest BCUT2D eigenvalue weighted by molar-refractivity contribution is 9.11. The van der Waals surface area contributed by atoms with E-state index in [-0.39, 0.29) is 6.42 Å². The Bertz CT molecular complexity index is 376. The van der Waals surface area contributed by atoms with Crippen molar-refractivity contribution in [2.24, 2.45) is 0 Å². The summed E-state index contributed by atoms with van der Waals surface area (Å²) in [6.45, 7) is 1.54. The average Bonchev–Trinajstić information content (AvgIpc) is 2.98. The molecule has 16 heavy (non-hydrogen) atoms. The Morgan fingerprint density at radius 2 is 2.38 bits per heavy atom. The van der Waals surface area contributed by atoms with E-state index in [4.69, 9.17) is 5.11 Å². The third-order valence-electron chi connectivity index (χ3n) is 2.68. The molecule has 0 bridgehead atoms. The third-order valence-corrected chi connectivity index (χ3v) is 4.24. The summed E-state index contributed by atoms with van der Waals surface area (Å²) in [5, 5.41) is 10.8. The number of carboxylic acids is 1. The fourth-order valence-corrected chi connectivity index (χ4v) is 2.93. The van der Waals surface area contributed by atoms with Crippen LogP contribution in [0.4, 0.5) is 0 Å². The van der Waals surface area contributed by atoms with E-state index in [1.54, 1.807) is 11.3 Å². The van der Waals surface area contributed by atoms with Gasteiger partial charge in [0.15, 0.2) is 0 Å². The van der Waals surface area contributed by atoms with E-state index >= 15 is 0 Å². The molecule has 1 saturated carbocycles. The molecular formula is C11H14BrNO2S. The molecule has 1 N–H and O–H groups in total. The summed E-state index contributed by atoms with van der Waals surface area (Å²) in [4.78, 5) is 12.9. The molecule has 3 nitrogen and oxygen atoms in total. The number of carboxylic acid groups (broad SMARTS) is 1. The topological polar surface area (TPSA) is 40.5 Å². The summed E-state index contributed by atoms with van der Waals surface area (Å²) in [5.41, 5.74) is 1.27. The van der Waals surface area contributed by atoms with Crippen LogP contribution in [0.15, 0.2) is 15.2 Å². The highest BCUT2D eigenvalue weighted by atomic mass is 79.9. The van der Waals surface area contributed by atoms with Gasteiger partial charge in [-0.2, -0.15) is 0 Å². The van der Waals surface area contributed by atoms with E-state index in [0.29, 0.717) is 12.6 Å². The Labute approximate surface area is 107 Å². The number of nitrogens with zero attached hydrogens (tertiary/aromatic N) is 1. The molecule has 88 valence electrons. The summed E-state index contributed by atoms with van der Waals surface area (Å²) in [5.74, 6) is -0.711. The van der Waals surface area contributed by atoms with Gasteiger partial charge in [0.2, 0.25) is 0 Å². The van der Waals surface area contributed by atoms with Gasteiger partial charge >= 0.3 is 5.97 Å². The van der Waals surface area contributed by atoms with E-state index in [9.17, 15) is 4.79 Å². The summed E-state index contributed by atoms with van der Waals surface area (Å²) >= 11 is 5.12. The van der Waals surface area contributed by atoms with Crippen LogP contribution in [-0.4, -0.2) is 28.6 Å². The first kappa shape index (κ1) is 12.1. The maximum atomic E-state index is 10.6. The van der Waals surface area contributed by atoms with Crippen LogP contribution >= 0.6 is 27.3 Å². The molecule has 0 spiro atoms. The molecule has 1 aliphatic rings. The first-order chi connectivity index (χ1) is 7.65. The Hall–Kier alpha value is -0.390.